The summed E-state index contributed by atoms with van der Waals surface area (Å²) in [6.45, 7) is 2.30. The van der Waals surface area contributed by atoms with Crippen molar-refractivity contribution in [1.29, 1.82) is 0 Å². The maximum absolute atomic E-state index is 2.52. The van der Waals surface area contributed by atoms with E-state index >= 15 is 0 Å². The van der Waals surface area contributed by atoms with E-state index in [2.05, 4.69) is 73.7 Å². The summed E-state index contributed by atoms with van der Waals surface area (Å²) in [4.78, 5) is 1.57. The van der Waals surface area contributed by atoms with Crippen molar-refractivity contribution < 1.29 is 0 Å². The topological polar surface area (TPSA) is 0 Å². The molecule has 204 valence electrons. The summed E-state index contributed by atoms with van der Waals surface area (Å²) in [7, 11) is 0. The first-order chi connectivity index (χ1) is 19.8. The molecule has 0 aliphatic heterocycles. The molecule has 4 heteroatoms. The van der Waals surface area contributed by atoms with E-state index in [9.17, 15) is 0 Å². The second kappa shape index (κ2) is 12.3. The Balaban J connectivity index is 1.07. The van der Waals surface area contributed by atoms with Crippen LogP contribution in [0.5, 0.6) is 0 Å². The molecule has 0 atom stereocenters. The van der Waals surface area contributed by atoms with Crippen LogP contribution in [0.4, 0.5) is 0 Å². The molecule has 0 spiro atoms. The van der Waals surface area contributed by atoms with E-state index in [-0.39, 0.29) is 20.4 Å². The number of fused-ring (bicyclic) bond motifs is 7. The third-order valence-electron chi connectivity index (χ3n) is 8.24. The van der Waals surface area contributed by atoms with Gasteiger partial charge in [0.25, 0.3) is 0 Å². The fourth-order valence-corrected chi connectivity index (χ4v) is 13.3. The molecular formula is C36H36S3Te. The van der Waals surface area contributed by atoms with Gasteiger partial charge in [-0.05, 0) is 0 Å². The summed E-state index contributed by atoms with van der Waals surface area (Å²) in [6.07, 6.45) is 15.3. The molecule has 0 saturated carbocycles. The Kier molecular flexibility index (Phi) is 8.35. The Labute approximate surface area is 259 Å². The average Bonchev–Trinajstić information content (AvgIpc) is 3.73. The van der Waals surface area contributed by atoms with Gasteiger partial charge in [0.2, 0.25) is 0 Å². The zero-order valence-electron chi connectivity index (χ0n) is 23.3. The van der Waals surface area contributed by atoms with Crippen molar-refractivity contribution in [1.82, 2.24) is 0 Å². The van der Waals surface area contributed by atoms with E-state index in [4.69, 9.17) is 0 Å². The van der Waals surface area contributed by atoms with Gasteiger partial charge in [0.15, 0.2) is 0 Å². The quantitative estimate of drug-likeness (QED) is 0.0883. The van der Waals surface area contributed by atoms with Crippen molar-refractivity contribution in [2.75, 3.05) is 0 Å². The minimum atomic E-state index is -0.319. The molecule has 0 saturated heterocycles. The summed E-state index contributed by atoms with van der Waals surface area (Å²) in [5, 5.41) is 5.84. The van der Waals surface area contributed by atoms with Gasteiger partial charge in [0.05, 0.1) is 0 Å². The standard InChI is InChI=1S/C36H36S3Te/c1-2-3-4-5-6-7-8-9-10-14-17-27-18-25-19-28-31(22-30(25)37-27)38-36-29-20-26-21-33(24-15-12-11-13-16-24)40-34(26)23-32(29)39-35(28)36/h11-13,15-16,18-23H,2-10,14,17H2,1H3. The average molecular weight is 692 g/mol. The maximum atomic E-state index is 2.52. The van der Waals surface area contributed by atoms with Crippen LogP contribution in [0, 0.1) is 0 Å². The molecule has 0 amide bonds. The molecular weight excluding hydrogens is 656 g/mol. The number of thiophene rings is 3. The number of unbranched alkanes of at least 4 members (excludes halogenated alkanes) is 9. The molecule has 4 aromatic heterocycles. The van der Waals surface area contributed by atoms with E-state index in [1.165, 1.54) is 121 Å². The van der Waals surface area contributed by atoms with Gasteiger partial charge >= 0.3 is 196 Å². The summed E-state index contributed by atoms with van der Waals surface area (Å²) in [5.41, 5.74) is 1.41. The SMILES string of the molecule is CCCCCCCCCCCCc1cc2cc3c(cc2s1)sc1c2cc4cc(-c5ccccc5)[te]c4cc2sc31. The summed E-state index contributed by atoms with van der Waals surface area (Å²) in [5.74, 6) is 0. The first-order valence-corrected chi connectivity index (χ1v) is 19.8. The van der Waals surface area contributed by atoms with Gasteiger partial charge < -0.3 is 0 Å². The summed E-state index contributed by atoms with van der Waals surface area (Å²) >= 11 is 5.73. The third-order valence-corrected chi connectivity index (χ3v) is 15.2. The first kappa shape index (κ1) is 27.2. The molecule has 7 aromatic rings. The van der Waals surface area contributed by atoms with Crippen molar-refractivity contribution in [3.8, 4) is 9.14 Å². The first-order valence-electron chi connectivity index (χ1n) is 15.1. The van der Waals surface area contributed by atoms with Crippen molar-refractivity contribution in [2.45, 2.75) is 77.6 Å². The molecule has 40 heavy (non-hydrogen) atoms. The Bertz CT molecular complexity index is 1900. The van der Waals surface area contributed by atoms with Gasteiger partial charge in [0, 0.05) is 0 Å². The molecule has 0 aliphatic rings. The molecule has 4 heterocycles. The van der Waals surface area contributed by atoms with Gasteiger partial charge in [-0.2, -0.15) is 0 Å². The van der Waals surface area contributed by atoms with Crippen molar-refractivity contribution in [3.63, 3.8) is 0 Å². The molecule has 0 bridgehead atoms. The van der Waals surface area contributed by atoms with Gasteiger partial charge in [-0.3, -0.25) is 0 Å². The molecule has 0 nitrogen and oxygen atoms in total. The van der Waals surface area contributed by atoms with Crippen LogP contribution in [0.3, 0.4) is 0 Å². The Morgan fingerprint density at radius 1 is 0.575 bits per heavy atom. The number of hydrogen-bond acceptors (Lipinski definition) is 3. The predicted octanol–water partition coefficient (Wildman–Crippen LogP) is 12.8. The normalized spacial score (nSPS) is 12.2. The van der Waals surface area contributed by atoms with Crippen molar-refractivity contribution in [2.24, 2.45) is 0 Å². The third kappa shape index (κ3) is 5.56. The van der Waals surface area contributed by atoms with Gasteiger partial charge in [-0.15, -0.1) is 0 Å². The molecule has 0 N–H and O–H groups in total. The monoisotopic (exact) mass is 694 g/mol. The molecule has 0 radical (unpaired) electrons. The summed E-state index contributed by atoms with van der Waals surface area (Å²) < 4.78 is 10.6. The Morgan fingerprint density at radius 3 is 1.95 bits per heavy atom. The molecule has 0 unspecified atom stereocenters. The Hall–Kier alpha value is -1.67. The van der Waals surface area contributed by atoms with Crippen LogP contribution in [0.2, 0.25) is 0 Å². The van der Waals surface area contributed by atoms with Crippen LogP contribution in [-0.4, -0.2) is 20.4 Å². The zero-order valence-corrected chi connectivity index (χ0v) is 28.0. The minimum absolute atomic E-state index is 0.319. The number of hydrogen-bond donors (Lipinski definition) is 0. The van der Waals surface area contributed by atoms with Crippen LogP contribution in [0.1, 0.15) is 76.0 Å². The number of aryl methyl sites for hydroxylation is 1. The van der Waals surface area contributed by atoms with Crippen molar-refractivity contribution >= 4 is 103 Å². The van der Waals surface area contributed by atoms with Gasteiger partial charge in [0.1, 0.15) is 0 Å². The number of benzene rings is 3. The molecule has 3 aromatic carbocycles. The fourth-order valence-electron chi connectivity index (χ4n) is 6.04. The number of rotatable bonds is 12. The van der Waals surface area contributed by atoms with E-state index in [1.54, 1.807) is 11.9 Å². The van der Waals surface area contributed by atoms with Gasteiger partial charge in [-0.1, -0.05) is 64.7 Å². The van der Waals surface area contributed by atoms with Crippen LogP contribution >= 0.6 is 34.0 Å². The van der Waals surface area contributed by atoms with E-state index in [1.807, 2.05) is 34.0 Å². The van der Waals surface area contributed by atoms with Crippen LogP contribution in [0.15, 0.2) is 66.7 Å². The zero-order chi connectivity index (χ0) is 26.9. The molecule has 7 rings (SSSR count). The molecule has 0 fully saturated rings. The van der Waals surface area contributed by atoms with E-state index < -0.39 is 0 Å². The predicted molar refractivity (Wildman–Crippen MR) is 186 cm³/mol. The second-order valence-corrected chi connectivity index (χ2v) is 17.6. The van der Waals surface area contributed by atoms with Crippen LogP contribution in [-0.2, 0) is 6.42 Å². The van der Waals surface area contributed by atoms with E-state index in [0.29, 0.717) is 0 Å². The van der Waals surface area contributed by atoms with Crippen LogP contribution < -0.4 is 0 Å². The fraction of sp³-hybridized carbons (Fsp3) is 0.333. The van der Waals surface area contributed by atoms with E-state index in [0.717, 1.165) is 0 Å². The van der Waals surface area contributed by atoms with Crippen molar-refractivity contribution in [3.05, 3.63) is 71.6 Å². The molecule has 0 aliphatic carbocycles. The second-order valence-electron chi connectivity index (χ2n) is 11.3. The van der Waals surface area contributed by atoms with Gasteiger partial charge in [-0.25, -0.2) is 0 Å². The summed E-state index contributed by atoms with van der Waals surface area (Å²) in [6, 6.07) is 25.9. The van der Waals surface area contributed by atoms with Crippen LogP contribution in [0.25, 0.3) is 57.6 Å². The Morgan fingerprint density at radius 2 is 1.23 bits per heavy atom.